The van der Waals surface area contributed by atoms with E-state index in [0.717, 1.165) is 36.0 Å². The second kappa shape index (κ2) is 7.81. The topological polar surface area (TPSA) is 49.6 Å². The molecular formula is C17H20FN3O2S. The summed E-state index contributed by atoms with van der Waals surface area (Å²) in [6.07, 6.45) is 0. The quantitative estimate of drug-likeness (QED) is 0.777. The van der Waals surface area contributed by atoms with Gasteiger partial charge in [0.25, 0.3) is 5.91 Å². The van der Waals surface area contributed by atoms with Crippen LogP contribution in [0, 0.1) is 12.7 Å². The van der Waals surface area contributed by atoms with Crippen LogP contribution in [0.25, 0.3) is 0 Å². The maximum Gasteiger partial charge on any atom is 0.292 e. The Bertz CT molecular complexity index is 681. The smallest absolute Gasteiger partial charge is 0.292 e. The molecule has 0 unspecified atom stereocenters. The number of aromatic nitrogens is 1. The number of hydrogen-bond acceptors (Lipinski definition) is 5. The molecule has 0 radical (unpaired) electrons. The van der Waals surface area contributed by atoms with Crippen LogP contribution in [0.2, 0.25) is 0 Å². The number of carbonyl (C=O) groups is 1. The molecule has 0 bridgehead atoms. The molecule has 1 amide bonds. The molecule has 1 saturated heterocycles. The molecule has 0 saturated carbocycles. The van der Waals surface area contributed by atoms with Gasteiger partial charge in [0.2, 0.25) is 5.76 Å². The average Bonchev–Trinajstić information content (AvgIpc) is 3.03. The van der Waals surface area contributed by atoms with E-state index in [1.165, 1.54) is 12.1 Å². The number of carbonyl (C=O) groups excluding carboxylic acids is 1. The van der Waals surface area contributed by atoms with Crippen molar-refractivity contribution in [2.45, 2.75) is 11.8 Å². The first-order chi connectivity index (χ1) is 11.6. The van der Waals surface area contributed by atoms with Crippen LogP contribution in [0.15, 0.2) is 39.8 Å². The third kappa shape index (κ3) is 4.36. The Morgan fingerprint density at radius 2 is 1.96 bits per heavy atom. The molecule has 2 heterocycles. The highest BCUT2D eigenvalue weighted by Crippen LogP contribution is 2.18. The van der Waals surface area contributed by atoms with Crippen LogP contribution < -0.4 is 0 Å². The molecule has 1 fully saturated rings. The largest absolute Gasteiger partial charge is 0.351 e. The first kappa shape index (κ1) is 17.0. The molecule has 1 aliphatic heterocycles. The summed E-state index contributed by atoms with van der Waals surface area (Å²) < 4.78 is 17.9. The van der Waals surface area contributed by atoms with Crippen LogP contribution in [0.5, 0.6) is 0 Å². The molecule has 7 heteroatoms. The Labute approximate surface area is 144 Å². The first-order valence-corrected chi connectivity index (χ1v) is 8.94. The summed E-state index contributed by atoms with van der Waals surface area (Å²) in [6.45, 7) is 5.84. The highest BCUT2D eigenvalue weighted by Gasteiger charge is 2.24. The van der Waals surface area contributed by atoms with Gasteiger partial charge in [-0.25, -0.2) is 4.39 Å². The third-order valence-electron chi connectivity index (χ3n) is 3.99. The lowest BCUT2D eigenvalue weighted by atomic mass is 10.2. The Kier molecular flexibility index (Phi) is 5.52. The van der Waals surface area contributed by atoms with Gasteiger partial charge < -0.3 is 9.42 Å². The average molecular weight is 349 g/mol. The van der Waals surface area contributed by atoms with Crippen molar-refractivity contribution in [1.29, 1.82) is 0 Å². The van der Waals surface area contributed by atoms with E-state index in [1.54, 1.807) is 36.9 Å². The van der Waals surface area contributed by atoms with E-state index >= 15 is 0 Å². The third-order valence-corrected chi connectivity index (χ3v) is 4.98. The van der Waals surface area contributed by atoms with E-state index in [9.17, 15) is 9.18 Å². The summed E-state index contributed by atoms with van der Waals surface area (Å²) in [6, 6.07) is 8.25. The van der Waals surface area contributed by atoms with Crippen LogP contribution in [0.4, 0.5) is 4.39 Å². The van der Waals surface area contributed by atoms with Crippen LogP contribution in [0.1, 0.15) is 16.2 Å². The lowest BCUT2D eigenvalue weighted by Crippen LogP contribution is -2.49. The number of piperazine rings is 1. The molecule has 24 heavy (non-hydrogen) atoms. The Morgan fingerprint density at radius 3 is 2.58 bits per heavy atom. The molecule has 2 aromatic rings. The molecule has 5 nitrogen and oxygen atoms in total. The molecule has 0 spiro atoms. The number of benzene rings is 1. The van der Waals surface area contributed by atoms with Crippen molar-refractivity contribution >= 4 is 17.7 Å². The second-order valence-electron chi connectivity index (χ2n) is 5.77. The van der Waals surface area contributed by atoms with Gasteiger partial charge in [0.05, 0.1) is 5.69 Å². The number of rotatable bonds is 5. The zero-order valence-electron chi connectivity index (χ0n) is 13.6. The number of halogens is 1. The van der Waals surface area contributed by atoms with Crippen LogP contribution >= 0.6 is 11.8 Å². The fourth-order valence-corrected chi connectivity index (χ4v) is 3.53. The van der Waals surface area contributed by atoms with Crippen LogP contribution in [0.3, 0.4) is 0 Å². The van der Waals surface area contributed by atoms with Gasteiger partial charge in [0.15, 0.2) is 0 Å². The monoisotopic (exact) mass is 349 g/mol. The zero-order valence-corrected chi connectivity index (χ0v) is 14.4. The van der Waals surface area contributed by atoms with E-state index < -0.39 is 0 Å². The van der Waals surface area contributed by atoms with Crippen LogP contribution in [-0.4, -0.2) is 59.3 Å². The molecule has 0 aliphatic carbocycles. The molecule has 3 rings (SSSR count). The van der Waals surface area contributed by atoms with E-state index in [-0.39, 0.29) is 11.7 Å². The molecule has 0 N–H and O–H groups in total. The predicted octanol–water partition coefficient (Wildman–Crippen LogP) is 2.67. The molecule has 1 aromatic carbocycles. The Morgan fingerprint density at radius 1 is 1.25 bits per heavy atom. The van der Waals surface area contributed by atoms with Gasteiger partial charge in [-0.05, 0) is 31.2 Å². The van der Waals surface area contributed by atoms with Crippen molar-refractivity contribution in [3.63, 3.8) is 0 Å². The SMILES string of the molecule is Cc1cc(C(=O)N2CCN(CCSc3ccc(F)cc3)CC2)on1. The van der Waals surface area contributed by atoms with E-state index in [2.05, 4.69) is 10.1 Å². The molecule has 128 valence electrons. The maximum absolute atomic E-state index is 12.9. The normalized spacial score (nSPS) is 15.7. The van der Waals surface area contributed by atoms with Gasteiger partial charge in [0.1, 0.15) is 5.82 Å². The van der Waals surface area contributed by atoms with Gasteiger partial charge in [-0.2, -0.15) is 0 Å². The number of hydrogen-bond donors (Lipinski definition) is 0. The van der Waals surface area contributed by atoms with Gasteiger partial charge in [0, 0.05) is 49.4 Å². The van der Waals surface area contributed by atoms with Gasteiger partial charge in [-0.15, -0.1) is 11.8 Å². The first-order valence-electron chi connectivity index (χ1n) is 7.95. The number of aryl methyl sites for hydroxylation is 1. The van der Waals surface area contributed by atoms with Gasteiger partial charge in [-0.3, -0.25) is 9.69 Å². The lowest BCUT2D eigenvalue weighted by Gasteiger charge is -2.34. The summed E-state index contributed by atoms with van der Waals surface area (Å²) >= 11 is 1.72. The van der Waals surface area contributed by atoms with Crippen molar-refractivity contribution in [3.8, 4) is 0 Å². The van der Waals surface area contributed by atoms with Crippen molar-refractivity contribution in [1.82, 2.24) is 15.0 Å². The van der Waals surface area contributed by atoms with Crippen molar-refractivity contribution in [3.05, 3.63) is 47.6 Å². The second-order valence-corrected chi connectivity index (χ2v) is 6.94. The fraction of sp³-hybridized carbons (Fsp3) is 0.412. The Hall–Kier alpha value is -1.86. The summed E-state index contributed by atoms with van der Waals surface area (Å²) in [4.78, 5) is 17.5. The predicted molar refractivity (Wildman–Crippen MR) is 90.7 cm³/mol. The molecule has 1 aliphatic rings. The van der Waals surface area contributed by atoms with Gasteiger partial charge in [-0.1, -0.05) is 5.16 Å². The standard InChI is InChI=1S/C17H20FN3O2S/c1-13-12-16(23-19-13)17(22)21-8-6-20(7-9-21)10-11-24-15-4-2-14(18)3-5-15/h2-5,12H,6-11H2,1H3. The van der Waals surface area contributed by atoms with Gasteiger partial charge >= 0.3 is 0 Å². The maximum atomic E-state index is 12.9. The lowest BCUT2D eigenvalue weighted by molar-refractivity contribution is 0.0604. The summed E-state index contributed by atoms with van der Waals surface area (Å²) in [5, 5.41) is 3.76. The van der Waals surface area contributed by atoms with Crippen molar-refractivity contribution < 1.29 is 13.7 Å². The fourth-order valence-electron chi connectivity index (χ4n) is 2.62. The number of amides is 1. The number of nitrogens with zero attached hydrogens (tertiary/aromatic N) is 3. The number of thioether (sulfide) groups is 1. The molecule has 1 aromatic heterocycles. The van der Waals surface area contributed by atoms with Crippen molar-refractivity contribution in [2.24, 2.45) is 0 Å². The minimum Gasteiger partial charge on any atom is -0.351 e. The molecule has 0 atom stereocenters. The van der Waals surface area contributed by atoms with Crippen LogP contribution in [-0.2, 0) is 0 Å². The minimum absolute atomic E-state index is 0.0871. The van der Waals surface area contributed by atoms with Crippen molar-refractivity contribution in [2.75, 3.05) is 38.5 Å². The summed E-state index contributed by atoms with van der Waals surface area (Å²) in [7, 11) is 0. The van der Waals surface area contributed by atoms with E-state index in [4.69, 9.17) is 4.52 Å². The highest BCUT2D eigenvalue weighted by molar-refractivity contribution is 7.99. The zero-order chi connectivity index (χ0) is 16.9. The highest BCUT2D eigenvalue weighted by atomic mass is 32.2. The van der Waals surface area contributed by atoms with E-state index in [1.807, 2.05) is 4.90 Å². The Balaban J connectivity index is 1.40. The summed E-state index contributed by atoms with van der Waals surface area (Å²) in [5.74, 6) is 0.965. The minimum atomic E-state index is -0.206. The molecular weight excluding hydrogens is 329 g/mol. The summed E-state index contributed by atoms with van der Waals surface area (Å²) in [5.41, 5.74) is 0.717. The van der Waals surface area contributed by atoms with E-state index in [0.29, 0.717) is 18.8 Å².